The van der Waals surface area contributed by atoms with E-state index in [1.807, 2.05) is 24.3 Å². The molecule has 5 nitrogen and oxygen atoms in total. The summed E-state index contributed by atoms with van der Waals surface area (Å²) in [6, 6.07) is 13.8. The van der Waals surface area contributed by atoms with Crippen molar-refractivity contribution >= 4 is 23.4 Å². The first-order valence-electron chi connectivity index (χ1n) is 7.14. The molecule has 1 heterocycles. The summed E-state index contributed by atoms with van der Waals surface area (Å²) in [6.07, 6.45) is -1.15. The molecule has 120 valence electrons. The molecule has 1 aliphatic rings. The van der Waals surface area contributed by atoms with Crippen molar-refractivity contribution in [3.05, 3.63) is 59.1 Å². The summed E-state index contributed by atoms with van der Waals surface area (Å²) in [5.74, 6) is 0.676. The van der Waals surface area contributed by atoms with Crippen molar-refractivity contribution in [1.82, 2.24) is 0 Å². The third-order valence-corrected chi connectivity index (χ3v) is 4.05. The molecule has 3 rings (SSSR count). The van der Waals surface area contributed by atoms with E-state index in [0.717, 1.165) is 5.56 Å². The number of hydrogen-bond donors (Lipinski definition) is 1. The van der Waals surface area contributed by atoms with Gasteiger partial charge in [-0.2, -0.15) is 0 Å². The molecular formula is C17H16ClNO4. The highest BCUT2D eigenvalue weighted by Crippen LogP contribution is 2.38. The number of aliphatic hydroxyl groups is 1. The molecule has 0 saturated carbocycles. The number of halogens is 1. The number of nitrogens with zero attached hydrogens (tertiary/aromatic N) is 1. The van der Waals surface area contributed by atoms with Crippen molar-refractivity contribution in [3.8, 4) is 5.75 Å². The number of ether oxygens (including phenoxy) is 2. The lowest BCUT2D eigenvalue weighted by Gasteiger charge is -2.24. The second-order valence-electron chi connectivity index (χ2n) is 5.17. The Balaban J connectivity index is 2.04. The molecule has 23 heavy (non-hydrogen) atoms. The van der Waals surface area contributed by atoms with Crippen LogP contribution in [0.25, 0.3) is 0 Å². The van der Waals surface area contributed by atoms with Gasteiger partial charge in [-0.25, -0.2) is 4.79 Å². The van der Waals surface area contributed by atoms with E-state index in [0.29, 0.717) is 16.5 Å². The van der Waals surface area contributed by atoms with E-state index >= 15 is 0 Å². The van der Waals surface area contributed by atoms with Crippen molar-refractivity contribution in [2.75, 3.05) is 18.6 Å². The van der Waals surface area contributed by atoms with Gasteiger partial charge in [-0.1, -0.05) is 23.7 Å². The van der Waals surface area contributed by atoms with Gasteiger partial charge in [-0.3, -0.25) is 4.90 Å². The topological polar surface area (TPSA) is 59.0 Å². The highest BCUT2D eigenvalue weighted by molar-refractivity contribution is 6.30. The second kappa shape index (κ2) is 6.48. The first kappa shape index (κ1) is 15.6. The second-order valence-corrected chi connectivity index (χ2v) is 5.61. The number of carbonyl (C=O) groups excluding carboxylic acids is 1. The number of aliphatic hydroxyl groups excluding tert-OH is 1. The fourth-order valence-corrected chi connectivity index (χ4v) is 2.85. The Hall–Kier alpha value is -2.24. The number of benzene rings is 2. The molecule has 0 radical (unpaired) electrons. The van der Waals surface area contributed by atoms with Crippen LogP contribution in [-0.4, -0.2) is 31.0 Å². The van der Waals surface area contributed by atoms with E-state index in [-0.39, 0.29) is 6.61 Å². The Kier molecular flexibility index (Phi) is 4.41. The molecule has 2 atom stereocenters. The number of hydrogen-bond acceptors (Lipinski definition) is 4. The van der Waals surface area contributed by atoms with Crippen molar-refractivity contribution in [3.63, 3.8) is 0 Å². The minimum atomic E-state index is -0.648. The van der Waals surface area contributed by atoms with Crippen LogP contribution in [0.1, 0.15) is 11.6 Å². The van der Waals surface area contributed by atoms with Crippen LogP contribution in [0, 0.1) is 0 Å². The summed E-state index contributed by atoms with van der Waals surface area (Å²) in [7, 11) is 1.58. The Morgan fingerprint density at radius 1 is 1.26 bits per heavy atom. The molecule has 1 aliphatic heterocycles. The van der Waals surface area contributed by atoms with E-state index < -0.39 is 18.2 Å². The van der Waals surface area contributed by atoms with Gasteiger partial charge < -0.3 is 14.6 Å². The van der Waals surface area contributed by atoms with Gasteiger partial charge in [0.15, 0.2) is 6.10 Å². The molecule has 0 aromatic heterocycles. The molecule has 2 aromatic carbocycles. The highest BCUT2D eigenvalue weighted by atomic mass is 35.5. The molecule has 1 saturated heterocycles. The lowest BCUT2D eigenvalue weighted by Crippen LogP contribution is -2.30. The van der Waals surface area contributed by atoms with Crippen molar-refractivity contribution < 1.29 is 19.4 Å². The van der Waals surface area contributed by atoms with Gasteiger partial charge in [-0.15, -0.1) is 0 Å². The maximum absolute atomic E-state index is 12.3. The van der Waals surface area contributed by atoms with Crippen LogP contribution in [0.2, 0.25) is 5.02 Å². The Morgan fingerprint density at radius 2 is 2.00 bits per heavy atom. The smallest absolute Gasteiger partial charge is 0.415 e. The summed E-state index contributed by atoms with van der Waals surface area (Å²) in [5.41, 5.74) is 1.48. The molecule has 6 heteroatoms. The minimum Gasteiger partial charge on any atom is -0.497 e. The monoisotopic (exact) mass is 333 g/mol. The fraction of sp³-hybridized carbons (Fsp3) is 0.235. The first-order chi connectivity index (χ1) is 11.1. The third kappa shape index (κ3) is 2.98. The van der Waals surface area contributed by atoms with Gasteiger partial charge in [-0.05, 0) is 42.0 Å². The quantitative estimate of drug-likeness (QED) is 0.931. The number of cyclic esters (lactones) is 1. The normalized spacial score (nSPS) is 20.5. The van der Waals surface area contributed by atoms with Crippen molar-refractivity contribution in [1.29, 1.82) is 0 Å². The van der Waals surface area contributed by atoms with Gasteiger partial charge in [0.25, 0.3) is 0 Å². The molecule has 1 N–H and O–H groups in total. The molecule has 0 aliphatic carbocycles. The number of amides is 1. The Labute approximate surface area is 139 Å². The third-order valence-electron chi connectivity index (χ3n) is 3.80. The lowest BCUT2D eigenvalue weighted by molar-refractivity contribution is 0.0829. The average molecular weight is 334 g/mol. The Bertz CT molecular complexity index is 704. The average Bonchev–Trinajstić information content (AvgIpc) is 2.92. The van der Waals surface area contributed by atoms with E-state index in [2.05, 4.69) is 0 Å². The minimum absolute atomic E-state index is 0.266. The van der Waals surface area contributed by atoms with Crippen molar-refractivity contribution in [2.24, 2.45) is 0 Å². The molecule has 0 unspecified atom stereocenters. The molecule has 0 bridgehead atoms. The number of anilines is 1. The highest BCUT2D eigenvalue weighted by Gasteiger charge is 2.43. The van der Waals surface area contributed by atoms with Gasteiger partial charge in [0.2, 0.25) is 0 Å². The number of methoxy groups -OCH3 is 1. The predicted molar refractivity (Wildman–Crippen MR) is 87.0 cm³/mol. The van der Waals surface area contributed by atoms with Crippen LogP contribution in [0.5, 0.6) is 5.75 Å². The maximum Gasteiger partial charge on any atom is 0.415 e. The van der Waals surface area contributed by atoms with Crippen molar-refractivity contribution in [2.45, 2.75) is 12.1 Å². The first-order valence-corrected chi connectivity index (χ1v) is 7.52. The van der Waals surface area contributed by atoms with E-state index in [4.69, 9.17) is 21.1 Å². The molecule has 1 fully saturated rings. The van der Waals surface area contributed by atoms with Crippen LogP contribution in [0.3, 0.4) is 0 Å². The lowest BCUT2D eigenvalue weighted by atomic mass is 10.00. The van der Waals surface area contributed by atoms with Gasteiger partial charge in [0.05, 0.1) is 13.7 Å². The summed E-state index contributed by atoms with van der Waals surface area (Å²) < 4.78 is 10.6. The molecular weight excluding hydrogens is 318 g/mol. The van der Waals surface area contributed by atoms with Gasteiger partial charge in [0.1, 0.15) is 11.8 Å². The van der Waals surface area contributed by atoms with Crippen LogP contribution in [0.15, 0.2) is 48.5 Å². The van der Waals surface area contributed by atoms with E-state index in [9.17, 15) is 9.90 Å². The summed E-state index contributed by atoms with van der Waals surface area (Å²) >= 11 is 5.91. The van der Waals surface area contributed by atoms with Crippen LogP contribution in [-0.2, 0) is 4.74 Å². The van der Waals surface area contributed by atoms with Crippen LogP contribution < -0.4 is 9.64 Å². The number of rotatable bonds is 4. The molecule has 2 aromatic rings. The summed E-state index contributed by atoms with van der Waals surface area (Å²) in [5, 5.41) is 10.2. The fourth-order valence-electron chi connectivity index (χ4n) is 2.72. The Morgan fingerprint density at radius 3 is 2.65 bits per heavy atom. The molecule has 0 spiro atoms. The molecule has 1 amide bonds. The SMILES string of the molecule is COc1cccc([C@H]2[C@H](CO)OC(=O)N2c2ccc(Cl)cc2)c1. The maximum atomic E-state index is 12.3. The summed E-state index contributed by atoms with van der Waals surface area (Å²) in [4.78, 5) is 13.8. The predicted octanol–water partition coefficient (Wildman–Crippen LogP) is 3.41. The standard InChI is InChI=1S/C17H16ClNO4/c1-22-14-4-2-3-11(9-14)16-15(10-20)23-17(21)19(16)13-7-5-12(18)6-8-13/h2-9,15-16,20H,10H2,1H3/t15-,16-/m0/s1. The van der Waals surface area contributed by atoms with E-state index in [1.54, 1.807) is 31.4 Å². The largest absolute Gasteiger partial charge is 0.497 e. The zero-order valence-electron chi connectivity index (χ0n) is 12.5. The van der Waals surface area contributed by atoms with Crippen LogP contribution >= 0.6 is 11.6 Å². The van der Waals surface area contributed by atoms with Crippen LogP contribution in [0.4, 0.5) is 10.5 Å². The summed E-state index contributed by atoms with van der Waals surface area (Å²) in [6.45, 7) is -0.266. The zero-order valence-corrected chi connectivity index (χ0v) is 13.2. The van der Waals surface area contributed by atoms with Gasteiger partial charge in [0, 0.05) is 10.7 Å². The van der Waals surface area contributed by atoms with E-state index in [1.165, 1.54) is 4.90 Å². The van der Waals surface area contributed by atoms with Gasteiger partial charge >= 0.3 is 6.09 Å². The zero-order chi connectivity index (χ0) is 16.4. The number of carbonyl (C=O) groups is 1.